The van der Waals surface area contributed by atoms with Crippen molar-refractivity contribution in [3.63, 3.8) is 0 Å². The first-order valence-electron chi connectivity index (χ1n) is 8.33. The summed E-state index contributed by atoms with van der Waals surface area (Å²) in [4.78, 5) is 8.15. The Morgan fingerprint density at radius 1 is 1.29 bits per heavy atom. The Labute approximate surface area is 134 Å². The SMILES string of the molecule is CCN1CCN(Cc2ccc(CNCC(C)C)s2)CC1C. The zero-order valence-corrected chi connectivity index (χ0v) is 14.9. The van der Waals surface area contributed by atoms with E-state index in [9.17, 15) is 0 Å². The number of thiophene rings is 1. The molecule has 0 spiro atoms. The lowest BCUT2D eigenvalue weighted by Crippen LogP contribution is -2.51. The van der Waals surface area contributed by atoms with Gasteiger partial charge in [0.1, 0.15) is 0 Å². The van der Waals surface area contributed by atoms with Crippen LogP contribution >= 0.6 is 11.3 Å². The number of likely N-dealkylation sites (N-methyl/N-ethyl adjacent to an activating group) is 1. The monoisotopic (exact) mass is 309 g/mol. The van der Waals surface area contributed by atoms with E-state index in [1.54, 1.807) is 0 Å². The second kappa shape index (κ2) is 8.28. The van der Waals surface area contributed by atoms with E-state index in [2.05, 4.69) is 54.9 Å². The van der Waals surface area contributed by atoms with Crippen LogP contribution in [0.4, 0.5) is 0 Å². The van der Waals surface area contributed by atoms with Crippen LogP contribution in [0.5, 0.6) is 0 Å². The summed E-state index contributed by atoms with van der Waals surface area (Å²) >= 11 is 1.97. The minimum atomic E-state index is 0.691. The molecule has 0 radical (unpaired) electrons. The average Bonchev–Trinajstić information content (AvgIpc) is 2.86. The second-order valence-electron chi connectivity index (χ2n) is 6.61. The summed E-state index contributed by atoms with van der Waals surface area (Å²) in [5.74, 6) is 0.723. The van der Waals surface area contributed by atoms with E-state index in [0.717, 1.165) is 25.6 Å². The average molecular weight is 310 g/mol. The molecular weight excluding hydrogens is 278 g/mol. The number of nitrogens with one attached hydrogen (secondary N) is 1. The van der Waals surface area contributed by atoms with Gasteiger partial charge in [-0.05, 0) is 38.1 Å². The standard InChI is InChI=1S/C17H31N3S/c1-5-20-9-8-19(12-15(20)4)13-17-7-6-16(21-17)11-18-10-14(2)3/h6-7,14-15,18H,5,8-13H2,1-4H3. The highest BCUT2D eigenvalue weighted by atomic mass is 32.1. The van der Waals surface area contributed by atoms with Crippen LogP contribution in [0.15, 0.2) is 12.1 Å². The molecule has 1 aromatic heterocycles. The van der Waals surface area contributed by atoms with Crippen molar-refractivity contribution < 1.29 is 0 Å². The lowest BCUT2D eigenvalue weighted by molar-refractivity contribution is 0.0841. The molecule has 0 saturated carbocycles. The third-order valence-corrected chi connectivity index (χ3v) is 5.27. The molecule has 1 aliphatic heterocycles. The molecule has 1 saturated heterocycles. The predicted octanol–water partition coefficient (Wildman–Crippen LogP) is 3.02. The normalized spacial score (nSPS) is 21.3. The van der Waals surface area contributed by atoms with Gasteiger partial charge in [0.05, 0.1) is 0 Å². The van der Waals surface area contributed by atoms with Gasteiger partial charge in [0.2, 0.25) is 0 Å². The zero-order valence-electron chi connectivity index (χ0n) is 14.1. The maximum atomic E-state index is 3.53. The smallest absolute Gasteiger partial charge is 0.0329 e. The summed E-state index contributed by atoms with van der Waals surface area (Å²) in [6.07, 6.45) is 0. The molecule has 2 rings (SSSR count). The molecule has 2 heterocycles. The van der Waals surface area contributed by atoms with Crippen LogP contribution in [0.2, 0.25) is 0 Å². The Kier molecular flexibility index (Phi) is 6.68. The van der Waals surface area contributed by atoms with Crippen LogP contribution in [0, 0.1) is 5.92 Å². The molecular formula is C17H31N3S. The number of rotatable bonds is 7. The Bertz CT molecular complexity index is 416. The topological polar surface area (TPSA) is 18.5 Å². The molecule has 1 aromatic rings. The molecule has 1 unspecified atom stereocenters. The fourth-order valence-corrected chi connectivity index (χ4v) is 4.02. The summed E-state index contributed by atoms with van der Waals surface area (Å²) in [5.41, 5.74) is 0. The van der Waals surface area contributed by atoms with Crippen LogP contribution in [-0.2, 0) is 13.1 Å². The van der Waals surface area contributed by atoms with Gasteiger partial charge in [-0.25, -0.2) is 0 Å². The molecule has 120 valence electrons. The lowest BCUT2D eigenvalue weighted by atomic mass is 10.2. The van der Waals surface area contributed by atoms with Crippen molar-refractivity contribution in [3.05, 3.63) is 21.9 Å². The van der Waals surface area contributed by atoms with E-state index >= 15 is 0 Å². The molecule has 3 nitrogen and oxygen atoms in total. The maximum absolute atomic E-state index is 3.53. The van der Waals surface area contributed by atoms with Crippen molar-refractivity contribution in [3.8, 4) is 0 Å². The van der Waals surface area contributed by atoms with Crippen molar-refractivity contribution >= 4 is 11.3 Å². The summed E-state index contributed by atoms with van der Waals surface area (Å²) in [5, 5.41) is 3.53. The van der Waals surface area contributed by atoms with Crippen molar-refractivity contribution in [1.29, 1.82) is 0 Å². The van der Waals surface area contributed by atoms with Crippen LogP contribution < -0.4 is 5.32 Å². The second-order valence-corrected chi connectivity index (χ2v) is 7.86. The minimum Gasteiger partial charge on any atom is -0.312 e. The van der Waals surface area contributed by atoms with Crippen molar-refractivity contribution in [1.82, 2.24) is 15.1 Å². The fourth-order valence-electron chi connectivity index (χ4n) is 2.99. The van der Waals surface area contributed by atoms with Crippen LogP contribution in [0.25, 0.3) is 0 Å². The molecule has 1 N–H and O–H groups in total. The van der Waals surface area contributed by atoms with Crippen molar-refractivity contribution in [2.24, 2.45) is 5.92 Å². The molecule has 0 amide bonds. The van der Waals surface area contributed by atoms with Gasteiger partial charge in [0, 0.05) is 48.5 Å². The maximum Gasteiger partial charge on any atom is 0.0329 e. The van der Waals surface area contributed by atoms with Gasteiger partial charge in [0.25, 0.3) is 0 Å². The molecule has 1 aliphatic rings. The van der Waals surface area contributed by atoms with Crippen molar-refractivity contribution in [2.75, 3.05) is 32.7 Å². The molecule has 1 atom stereocenters. The van der Waals surface area contributed by atoms with Gasteiger partial charge in [0.15, 0.2) is 0 Å². The highest BCUT2D eigenvalue weighted by molar-refractivity contribution is 7.11. The highest BCUT2D eigenvalue weighted by Crippen LogP contribution is 2.20. The highest BCUT2D eigenvalue weighted by Gasteiger charge is 2.22. The van der Waals surface area contributed by atoms with E-state index < -0.39 is 0 Å². The molecule has 21 heavy (non-hydrogen) atoms. The van der Waals surface area contributed by atoms with Gasteiger partial charge in [-0.3, -0.25) is 9.80 Å². The van der Waals surface area contributed by atoms with E-state index in [4.69, 9.17) is 0 Å². The van der Waals surface area contributed by atoms with Gasteiger partial charge in [-0.2, -0.15) is 0 Å². The fraction of sp³-hybridized carbons (Fsp3) is 0.765. The molecule has 0 aromatic carbocycles. The molecule has 1 fully saturated rings. The van der Waals surface area contributed by atoms with Crippen LogP contribution in [0.3, 0.4) is 0 Å². The number of hydrogen-bond donors (Lipinski definition) is 1. The van der Waals surface area contributed by atoms with E-state index in [0.29, 0.717) is 6.04 Å². The third-order valence-electron chi connectivity index (χ3n) is 4.20. The Morgan fingerprint density at radius 3 is 2.71 bits per heavy atom. The Balaban J connectivity index is 1.77. The molecule has 0 aliphatic carbocycles. The van der Waals surface area contributed by atoms with Gasteiger partial charge in [-0.15, -0.1) is 11.3 Å². The predicted molar refractivity (Wildman–Crippen MR) is 92.8 cm³/mol. The summed E-state index contributed by atoms with van der Waals surface area (Å²) in [6.45, 7) is 17.2. The summed E-state index contributed by atoms with van der Waals surface area (Å²) in [6, 6.07) is 5.29. The van der Waals surface area contributed by atoms with Crippen LogP contribution in [0.1, 0.15) is 37.4 Å². The first kappa shape index (κ1) is 16.9. The summed E-state index contributed by atoms with van der Waals surface area (Å²) < 4.78 is 0. The Morgan fingerprint density at radius 2 is 2.05 bits per heavy atom. The molecule has 4 heteroatoms. The minimum absolute atomic E-state index is 0.691. The van der Waals surface area contributed by atoms with E-state index in [1.165, 1.54) is 35.9 Å². The Hall–Kier alpha value is -0.420. The number of hydrogen-bond acceptors (Lipinski definition) is 4. The van der Waals surface area contributed by atoms with Crippen LogP contribution in [-0.4, -0.2) is 48.6 Å². The first-order valence-corrected chi connectivity index (χ1v) is 9.14. The van der Waals surface area contributed by atoms with Gasteiger partial charge >= 0.3 is 0 Å². The number of nitrogens with zero attached hydrogens (tertiary/aromatic N) is 2. The number of piperazine rings is 1. The zero-order chi connectivity index (χ0) is 15.2. The van der Waals surface area contributed by atoms with Crippen molar-refractivity contribution in [2.45, 2.75) is 46.8 Å². The first-order chi connectivity index (χ1) is 10.1. The van der Waals surface area contributed by atoms with Gasteiger partial charge < -0.3 is 5.32 Å². The third kappa shape index (κ3) is 5.37. The van der Waals surface area contributed by atoms with E-state index in [-0.39, 0.29) is 0 Å². The van der Waals surface area contributed by atoms with Gasteiger partial charge in [-0.1, -0.05) is 20.8 Å². The summed E-state index contributed by atoms with van der Waals surface area (Å²) in [7, 11) is 0. The quantitative estimate of drug-likeness (QED) is 0.835. The lowest BCUT2D eigenvalue weighted by Gasteiger charge is -2.39. The van der Waals surface area contributed by atoms with E-state index in [1.807, 2.05) is 11.3 Å². The molecule has 0 bridgehead atoms. The largest absolute Gasteiger partial charge is 0.312 e.